The van der Waals surface area contributed by atoms with Gasteiger partial charge in [-0.3, -0.25) is 0 Å². The molecule has 110 valence electrons. The van der Waals surface area contributed by atoms with Crippen molar-refractivity contribution in [3.63, 3.8) is 0 Å². The van der Waals surface area contributed by atoms with Crippen LogP contribution in [0.3, 0.4) is 0 Å². The fourth-order valence-electron chi connectivity index (χ4n) is 2.99. The number of halogens is 1. The molecule has 1 aromatic heterocycles. The summed E-state index contributed by atoms with van der Waals surface area (Å²) in [4.78, 5) is 14.8. The average Bonchev–Trinajstić information content (AvgIpc) is 3.00. The molecule has 3 rings (SSSR count). The number of aromatic nitrogens is 3. The van der Waals surface area contributed by atoms with Crippen LogP contribution in [0.25, 0.3) is 0 Å². The van der Waals surface area contributed by atoms with Crippen LogP contribution in [-0.2, 0) is 0 Å². The van der Waals surface area contributed by atoms with Crippen molar-refractivity contribution in [2.24, 2.45) is 5.92 Å². The van der Waals surface area contributed by atoms with E-state index in [2.05, 4.69) is 19.9 Å². The third kappa shape index (κ3) is 3.51. The molecule has 1 aliphatic heterocycles. The highest BCUT2D eigenvalue weighted by Crippen LogP contribution is 2.25. The number of hydrogen-bond acceptors (Lipinski definition) is 5. The van der Waals surface area contributed by atoms with Crippen molar-refractivity contribution in [2.75, 3.05) is 24.6 Å². The van der Waals surface area contributed by atoms with Crippen LogP contribution in [-0.4, -0.2) is 34.6 Å². The van der Waals surface area contributed by atoms with E-state index in [4.69, 9.17) is 16.3 Å². The van der Waals surface area contributed by atoms with Gasteiger partial charge in [-0.15, -0.1) is 0 Å². The lowest BCUT2D eigenvalue weighted by Crippen LogP contribution is -2.22. The summed E-state index contributed by atoms with van der Waals surface area (Å²) < 4.78 is 5.75. The molecule has 0 aromatic carbocycles. The Morgan fingerprint density at radius 2 is 1.75 bits per heavy atom. The molecular weight excluding hydrogens is 276 g/mol. The first-order valence-electron chi connectivity index (χ1n) is 7.60. The first-order valence-corrected chi connectivity index (χ1v) is 7.98. The zero-order chi connectivity index (χ0) is 13.8. The van der Waals surface area contributed by atoms with Gasteiger partial charge in [0.25, 0.3) is 0 Å². The maximum Gasteiger partial charge on any atom is 0.322 e. The van der Waals surface area contributed by atoms with E-state index in [1.165, 1.54) is 44.9 Å². The Kier molecular flexibility index (Phi) is 4.55. The Labute approximate surface area is 124 Å². The number of nitrogens with zero attached hydrogens (tertiary/aromatic N) is 4. The van der Waals surface area contributed by atoms with E-state index in [1.54, 1.807) is 0 Å². The van der Waals surface area contributed by atoms with Crippen LogP contribution in [0.15, 0.2) is 0 Å². The molecule has 2 aliphatic rings. The second-order valence-electron chi connectivity index (χ2n) is 5.70. The Bertz CT molecular complexity index is 445. The maximum atomic E-state index is 5.98. The molecule has 0 spiro atoms. The molecule has 1 saturated carbocycles. The summed E-state index contributed by atoms with van der Waals surface area (Å²) in [7, 11) is 0. The van der Waals surface area contributed by atoms with E-state index < -0.39 is 0 Å². The fraction of sp³-hybridized carbons (Fsp3) is 0.786. The van der Waals surface area contributed by atoms with E-state index in [-0.39, 0.29) is 5.28 Å². The van der Waals surface area contributed by atoms with Crippen LogP contribution in [0.4, 0.5) is 5.95 Å². The van der Waals surface area contributed by atoms with E-state index in [0.717, 1.165) is 13.1 Å². The molecule has 1 aromatic rings. The predicted octanol–water partition coefficient (Wildman–Crippen LogP) is 3.08. The van der Waals surface area contributed by atoms with Gasteiger partial charge >= 0.3 is 6.01 Å². The maximum absolute atomic E-state index is 5.98. The van der Waals surface area contributed by atoms with Crippen LogP contribution >= 0.6 is 11.6 Å². The Balaban J connectivity index is 1.63. The van der Waals surface area contributed by atoms with Crippen molar-refractivity contribution < 1.29 is 4.74 Å². The van der Waals surface area contributed by atoms with Crippen molar-refractivity contribution in [1.29, 1.82) is 0 Å². The highest BCUT2D eigenvalue weighted by molar-refractivity contribution is 6.28. The normalized spacial score (nSPS) is 20.4. The summed E-state index contributed by atoms with van der Waals surface area (Å²) in [5, 5.41) is 0.223. The van der Waals surface area contributed by atoms with Gasteiger partial charge in [-0.05, 0) is 43.2 Å². The molecule has 5 nitrogen and oxygen atoms in total. The zero-order valence-corrected chi connectivity index (χ0v) is 12.5. The molecule has 0 radical (unpaired) electrons. The van der Waals surface area contributed by atoms with Crippen LogP contribution in [0, 0.1) is 5.92 Å². The Morgan fingerprint density at radius 3 is 2.50 bits per heavy atom. The Hall–Kier alpha value is -1.10. The highest BCUT2D eigenvalue weighted by atomic mass is 35.5. The van der Waals surface area contributed by atoms with Gasteiger partial charge in [0, 0.05) is 13.1 Å². The number of ether oxygens (including phenoxy) is 1. The summed E-state index contributed by atoms with van der Waals surface area (Å²) >= 11 is 5.98. The minimum absolute atomic E-state index is 0.223. The van der Waals surface area contributed by atoms with E-state index in [1.807, 2.05) is 0 Å². The average molecular weight is 297 g/mol. The minimum atomic E-state index is 0.223. The van der Waals surface area contributed by atoms with Crippen LogP contribution < -0.4 is 9.64 Å². The number of rotatable bonds is 4. The molecule has 0 amide bonds. The molecule has 2 heterocycles. The van der Waals surface area contributed by atoms with Gasteiger partial charge in [0.2, 0.25) is 11.2 Å². The quantitative estimate of drug-likeness (QED) is 0.854. The van der Waals surface area contributed by atoms with Gasteiger partial charge < -0.3 is 9.64 Å². The van der Waals surface area contributed by atoms with Gasteiger partial charge in [-0.2, -0.15) is 15.0 Å². The van der Waals surface area contributed by atoms with E-state index >= 15 is 0 Å². The number of hydrogen-bond donors (Lipinski definition) is 0. The topological polar surface area (TPSA) is 51.1 Å². The zero-order valence-electron chi connectivity index (χ0n) is 11.7. The largest absolute Gasteiger partial charge is 0.463 e. The van der Waals surface area contributed by atoms with E-state index in [9.17, 15) is 0 Å². The van der Waals surface area contributed by atoms with Crippen LogP contribution in [0.1, 0.15) is 44.9 Å². The van der Waals surface area contributed by atoms with Crippen molar-refractivity contribution >= 4 is 17.5 Å². The molecule has 1 saturated heterocycles. The lowest BCUT2D eigenvalue weighted by atomic mass is 9.90. The third-order valence-electron chi connectivity index (χ3n) is 4.14. The molecular formula is C14H21ClN4O. The summed E-state index contributed by atoms with van der Waals surface area (Å²) in [5.74, 6) is 1.29. The lowest BCUT2D eigenvalue weighted by Gasteiger charge is -2.21. The first kappa shape index (κ1) is 13.9. The van der Waals surface area contributed by atoms with Crippen LogP contribution in [0.5, 0.6) is 6.01 Å². The molecule has 1 aliphatic carbocycles. The first-order chi connectivity index (χ1) is 9.81. The van der Waals surface area contributed by atoms with Gasteiger partial charge in [0.1, 0.15) is 0 Å². The molecule has 0 atom stereocenters. The smallest absolute Gasteiger partial charge is 0.322 e. The van der Waals surface area contributed by atoms with Gasteiger partial charge in [0.15, 0.2) is 0 Å². The summed E-state index contributed by atoms with van der Waals surface area (Å²) in [5.41, 5.74) is 0. The molecule has 0 N–H and O–H groups in total. The molecule has 0 bridgehead atoms. The second kappa shape index (κ2) is 6.57. The third-order valence-corrected chi connectivity index (χ3v) is 4.31. The van der Waals surface area contributed by atoms with Crippen molar-refractivity contribution in [1.82, 2.24) is 15.0 Å². The molecule has 2 fully saturated rings. The highest BCUT2D eigenvalue weighted by Gasteiger charge is 2.19. The molecule has 20 heavy (non-hydrogen) atoms. The molecule has 0 unspecified atom stereocenters. The standard InChI is InChI=1S/C14H21ClN4O/c15-12-16-13(19-8-4-5-9-19)18-14(17-12)20-10-11-6-2-1-3-7-11/h11H,1-10H2. The monoisotopic (exact) mass is 296 g/mol. The summed E-state index contributed by atoms with van der Waals surface area (Å²) in [6.07, 6.45) is 8.84. The van der Waals surface area contributed by atoms with Gasteiger partial charge in [-0.1, -0.05) is 19.3 Å². The summed E-state index contributed by atoms with van der Waals surface area (Å²) in [6.45, 7) is 2.67. The predicted molar refractivity (Wildman–Crippen MR) is 78.4 cm³/mol. The molecule has 6 heteroatoms. The van der Waals surface area contributed by atoms with Crippen molar-refractivity contribution in [2.45, 2.75) is 44.9 Å². The lowest BCUT2D eigenvalue weighted by molar-refractivity contribution is 0.196. The second-order valence-corrected chi connectivity index (χ2v) is 6.03. The minimum Gasteiger partial charge on any atom is -0.463 e. The number of anilines is 1. The van der Waals surface area contributed by atoms with Crippen molar-refractivity contribution in [3.8, 4) is 6.01 Å². The van der Waals surface area contributed by atoms with Crippen LogP contribution in [0.2, 0.25) is 5.28 Å². The Morgan fingerprint density at radius 1 is 1.00 bits per heavy atom. The fourth-order valence-corrected chi connectivity index (χ4v) is 3.14. The SMILES string of the molecule is Clc1nc(OCC2CCCCC2)nc(N2CCCC2)n1. The van der Waals surface area contributed by atoms with Gasteiger partial charge in [0.05, 0.1) is 6.61 Å². The van der Waals surface area contributed by atoms with Gasteiger partial charge in [-0.25, -0.2) is 0 Å². The van der Waals surface area contributed by atoms with Crippen molar-refractivity contribution in [3.05, 3.63) is 5.28 Å². The van der Waals surface area contributed by atoms with E-state index in [0.29, 0.717) is 24.5 Å². The summed E-state index contributed by atoms with van der Waals surface area (Å²) in [6, 6.07) is 0.373.